The molecule has 0 heterocycles. The van der Waals surface area contributed by atoms with E-state index < -0.39 is 5.97 Å². The number of carbonyl (C=O) groups is 2. The molecule has 0 aromatic heterocycles. The van der Waals surface area contributed by atoms with Crippen molar-refractivity contribution in [3.05, 3.63) is 65.2 Å². The molecule has 0 aliphatic rings. The Morgan fingerprint density at radius 2 is 1.75 bits per heavy atom. The van der Waals surface area contributed by atoms with Crippen molar-refractivity contribution < 1.29 is 19.4 Å². The highest BCUT2D eigenvalue weighted by molar-refractivity contribution is 5.87. The largest absolute Gasteiger partial charge is 0.496 e. The Hall–Kier alpha value is -3.02. The molecule has 0 aliphatic heterocycles. The molecule has 2 aromatic rings. The van der Waals surface area contributed by atoms with E-state index in [9.17, 15) is 9.59 Å². The molecule has 0 spiro atoms. The monoisotopic (exact) mass is 328 g/mol. The fourth-order valence-electron chi connectivity index (χ4n) is 2.23. The van der Waals surface area contributed by atoms with Crippen molar-refractivity contribution in [2.45, 2.75) is 13.0 Å². The number of nitrogens with one attached hydrogen (secondary N) is 2. The molecule has 0 saturated carbocycles. The minimum atomic E-state index is -0.969. The van der Waals surface area contributed by atoms with E-state index in [1.54, 1.807) is 19.2 Å². The number of methoxy groups -OCH3 is 1. The summed E-state index contributed by atoms with van der Waals surface area (Å²) in [4.78, 5) is 22.6. The van der Waals surface area contributed by atoms with Crippen LogP contribution in [0.1, 0.15) is 21.5 Å². The Balaban J connectivity index is 1.74. The second kappa shape index (κ2) is 8.57. The summed E-state index contributed by atoms with van der Waals surface area (Å²) in [6, 6.07) is 13.8. The van der Waals surface area contributed by atoms with Gasteiger partial charge in [0.2, 0.25) is 0 Å². The number of ether oxygens (including phenoxy) is 1. The zero-order valence-electron chi connectivity index (χ0n) is 13.4. The van der Waals surface area contributed by atoms with Crippen LogP contribution in [0.2, 0.25) is 0 Å². The molecular formula is C18H20N2O4. The molecule has 0 saturated heterocycles. The lowest BCUT2D eigenvalue weighted by Gasteiger charge is -2.10. The van der Waals surface area contributed by atoms with Gasteiger partial charge in [0.05, 0.1) is 12.7 Å². The van der Waals surface area contributed by atoms with Gasteiger partial charge in [0, 0.05) is 13.1 Å². The Labute approximate surface area is 140 Å². The van der Waals surface area contributed by atoms with Crippen molar-refractivity contribution in [2.75, 3.05) is 13.7 Å². The highest BCUT2D eigenvalue weighted by Crippen LogP contribution is 2.17. The first-order valence-electron chi connectivity index (χ1n) is 7.56. The topological polar surface area (TPSA) is 87.7 Å². The summed E-state index contributed by atoms with van der Waals surface area (Å²) in [5.74, 6) is -0.165. The van der Waals surface area contributed by atoms with Crippen molar-refractivity contribution in [1.29, 1.82) is 0 Å². The molecule has 0 unspecified atom stereocenters. The third kappa shape index (κ3) is 5.01. The van der Waals surface area contributed by atoms with Crippen molar-refractivity contribution in [3.63, 3.8) is 0 Å². The third-order valence-corrected chi connectivity index (χ3v) is 3.53. The van der Waals surface area contributed by atoms with Crippen LogP contribution in [0.25, 0.3) is 0 Å². The van der Waals surface area contributed by atoms with Crippen LogP contribution in [-0.4, -0.2) is 30.8 Å². The summed E-state index contributed by atoms with van der Waals surface area (Å²) in [6.45, 7) is 0.824. The molecule has 0 bridgehead atoms. The summed E-state index contributed by atoms with van der Waals surface area (Å²) < 4.78 is 5.26. The lowest BCUT2D eigenvalue weighted by Crippen LogP contribution is -2.36. The zero-order chi connectivity index (χ0) is 17.4. The molecule has 0 radical (unpaired) electrons. The average Bonchev–Trinajstić information content (AvgIpc) is 2.60. The predicted octanol–water partition coefficient (Wildman–Crippen LogP) is 2.44. The number of rotatable bonds is 7. The molecule has 6 nitrogen and oxygen atoms in total. The molecule has 6 heteroatoms. The minimum Gasteiger partial charge on any atom is -0.496 e. The maximum absolute atomic E-state index is 11.8. The number of para-hydroxylation sites is 1. The van der Waals surface area contributed by atoms with E-state index in [0.29, 0.717) is 19.5 Å². The molecule has 2 aromatic carbocycles. The van der Waals surface area contributed by atoms with Gasteiger partial charge in [-0.3, -0.25) is 0 Å². The van der Waals surface area contributed by atoms with Crippen LogP contribution >= 0.6 is 0 Å². The maximum Gasteiger partial charge on any atom is 0.335 e. The summed E-state index contributed by atoms with van der Waals surface area (Å²) in [5, 5.41) is 14.3. The highest BCUT2D eigenvalue weighted by atomic mass is 16.5. The van der Waals surface area contributed by atoms with Crippen LogP contribution in [0.3, 0.4) is 0 Å². The second-order valence-corrected chi connectivity index (χ2v) is 5.17. The standard InChI is InChI=1S/C18H20N2O4/c1-24-16-5-3-2-4-14(16)10-11-19-18(23)20-12-13-6-8-15(9-7-13)17(21)22/h2-9H,10-12H2,1H3,(H,21,22)(H2,19,20,23). The first kappa shape index (κ1) is 17.3. The zero-order valence-corrected chi connectivity index (χ0v) is 13.4. The van der Waals surface area contributed by atoms with E-state index in [1.807, 2.05) is 24.3 Å². The van der Waals surface area contributed by atoms with Crippen molar-refractivity contribution in [1.82, 2.24) is 10.6 Å². The van der Waals surface area contributed by atoms with E-state index in [4.69, 9.17) is 9.84 Å². The number of amides is 2. The Morgan fingerprint density at radius 3 is 2.42 bits per heavy atom. The molecular weight excluding hydrogens is 308 g/mol. The fraction of sp³-hybridized carbons (Fsp3) is 0.222. The van der Waals surface area contributed by atoms with E-state index in [-0.39, 0.29) is 11.6 Å². The molecule has 2 rings (SSSR count). The van der Waals surface area contributed by atoms with Gasteiger partial charge in [-0.1, -0.05) is 30.3 Å². The van der Waals surface area contributed by atoms with Crippen LogP contribution in [0.4, 0.5) is 4.79 Å². The van der Waals surface area contributed by atoms with Gasteiger partial charge in [-0.25, -0.2) is 9.59 Å². The molecule has 24 heavy (non-hydrogen) atoms. The Morgan fingerprint density at radius 1 is 1.04 bits per heavy atom. The summed E-state index contributed by atoms with van der Waals surface area (Å²) in [5.41, 5.74) is 2.09. The molecule has 2 amide bonds. The van der Waals surface area contributed by atoms with Gasteiger partial charge in [0.25, 0.3) is 0 Å². The number of carbonyl (C=O) groups excluding carboxylic acids is 1. The SMILES string of the molecule is COc1ccccc1CCNC(=O)NCc1ccc(C(=O)O)cc1. The molecule has 0 aliphatic carbocycles. The van der Waals surface area contributed by atoms with Crippen LogP contribution in [0.5, 0.6) is 5.75 Å². The first-order chi connectivity index (χ1) is 11.6. The molecule has 3 N–H and O–H groups in total. The number of carboxylic acid groups (broad SMARTS) is 1. The Kier molecular flexibility index (Phi) is 6.19. The quantitative estimate of drug-likeness (QED) is 0.728. The van der Waals surface area contributed by atoms with E-state index in [1.165, 1.54) is 12.1 Å². The van der Waals surface area contributed by atoms with Crippen molar-refractivity contribution >= 4 is 12.0 Å². The lowest BCUT2D eigenvalue weighted by atomic mass is 10.1. The van der Waals surface area contributed by atoms with E-state index in [0.717, 1.165) is 16.9 Å². The van der Waals surface area contributed by atoms with Crippen molar-refractivity contribution in [2.24, 2.45) is 0 Å². The normalized spacial score (nSPS) is 10.0. The van der Waals surface area contributed by atoms with Crippen LogP contribution in [0, 0.1) is 0 Å². The van der Waals surface area contributed by atoms with Gasteiger partial charge >= 0.3 is 12.0 Å². The van der Waals surface area contributed by atoms with Gasteiger partial charge < -0.3 is 20.5 Å². The number of aromatic carboxylic acids is 1. The molecule has 0 fully saturated rings. The van der Waals surface area contributed by atoms with E-state index >= 15 is 0 Å². The number of hydrogen-bond acceptors (Lipinski definition) is 3. The van der Waals surface area contributed by atoms with Crippen molar-refractivity contribution in [3.8, 4) is 5.75 Å². The highest BCUT2D eigenvalue weighted by Gasteiger charge is 2.05. The van der Waals surface area contributed by atoms with Crippen LogP contribution < -0.4 is 15.4 Å². The van der Waals surface area contributed by atoms with Gasteiger partial charge in [-0.05, 0) is 35.7 Å². The van der Waals surface area contributed by atoms with Gasteiger partial charge in [-0.2, -0.15) is 0 Å². The van der Waals surface area contributed by atoms with Crippen LogP contribution in [0.15, 0.2) is 48.5 Å². The Bertz CT molecular complexity index is 698. The molecule has 0 atom stereocenters. The number of hydrogen-bond donors (Lipinski definition) is 3. The van der Waals surface area contributed by atoms with Gasteiger partial charge in [-0.15, -0.1) is 0 Å². The predicted molar refractivity (Wildman–Crippen MR) is 90.3 cm³/mol. The van der Waals surface area contributed by atoms with Crippen LogP contribution in [-0.2, 0) is 13.0 Å². The minimum absolute atomic E-state index is 0.222. The summed E-state index contributed by atoms with van der Waals surface area (Å²) in [6.07, 6.45) is 0.671. The summed E-state index contributed by atoms with van der Waals surface area (Å²) in [7, 11) is 1.62. The van der Waals surface area contributed by atoms with Gasteiger partial charge in [0.15, 0.2) is 0 Å². The summed E-state index contributed by atoms with van der Waals surface area (Å²) >= 11 is 0. The number of urea groups is 1. The number of carboxylic acids is 1. The van der Waals surface area contributed by atoms with Gasteiger partial charge in [0.1, 0.15) is 5.75 Å². The van der Waals surface area contributed by atoms with E-state index in [2.05, 4.69) is 10.6 Å². The maximum atomic E-state index is 11.8. The molecule has 126 valence electrons. The first-order valence-corrected chi connectivity index (χ1v) is 7.56. The lowest BCUT2D eigenvalue weighted by molar-refractivity contribution is 0.0697. The second-order valence-electron chi connectivity index (χ2n) is 5.17. The smallest absolute Gasteiger partial charge is 0.335 e. The third-order valence-electron chi connectivity index (χ3n) is 3.53. The average molecular weight is 328 g/mol. The fourth-order valence-corrected chi connectivity index (χ4v) is 2.23. The number of benzene rings is 2.